The van der Waals surface area contributed by atoms with Crippen molar-refractivity contribution in [2.75, 3.05) is 11.9 Å². The molecule has 3 N–H and O–H groups in total. The van der Waals surface area contributed by atoms with Crippen molar-refractivity contribution in [3.05, 3.63) is 36.7 Å². The highest BCUT2D eigenvalue weighted by atomic mass is 16.1. The van der Waals surface area contributed by atoms with E-state index in [-0.39, 0.29) is 11.3 Å². The van der Waals surface area contributed by atoms with Gasteiger partial charge in [-0.15, -0.1) is 5.10 Å². The summed E-state index contributed by atoms with van der Waals surface area (Å²) in [7, 11) is 0. The normalized spacial score (nSPS) is 16.9. The number of anilines is 1. The molecule has 1 saturated carbocycles. The summed E-state index contributed by atoms with van der Waals surface area (Å²) in [6.45, 7) is 0.589. The van der Waals surface area contributed by atoms with Crippen LogP contribution in [0.3, 0.4) is 0 Å². The molecule has 1 aliphatic carbocycles. The van der Waals surface area contributed by atoms with E-state index < -0.39 is 0 Å². The standard InChI is InChI=1S/C17H23N5O/c18-13-17(8-2-1-3-9-17)12-16(23)20-14-4-6-15(7-5-14)22-11-10-19-21-22/h4-7,10-11H,1-3,8-9,12-13,18H2,(H,20,23). The highest BCUT2D eigenvalue weighted by Gasteiger charge is 2.32. The van der Waals surface area contributed by atoms with Crippen LogP contribution in [0.15, 0.2) is 36.7 Å². The second-order valence-electron chi connectivity index (χ2n) is 6.38. The monoisotopic (exact) mass is 313 g/mol. The minimum Gasteiger partial charge on any atom is -0.330 e. The molecular weight excluding hydrogens is 290 g/mol. The lowest BCUT2D eigenvalue weighted by atomic mass is 9.71. The first kappa shape index (κ1) is 15.7. The van der Waals surface area contributed by atoms with E-state index >= 15 is 0 Å². The highest BCUT2D eigenvalue weighted by molar-refractivity contribution is 5.91. The summed E-state index contributed by atoms with van der Waals surface area (Å²) in [5.41, 5.74) is 7.65. The first-order valence-corrected chi connectivity index (χ1v) is 8.17. The van der Waals surface area contributed by atoms with Crippen LogP contribution in [-0.2, 0) is 4.79 Å². The molecule has 2 aromatic rings. The van der Waals surface area contributed by atoms with Gasteiger partial charge in [-0.1, -0.05) is 24.5 Å². The van der Waals surface area contributed by atoms with Crippen LogP contribution in [0.2, 0.25) is 0 Å². The van der Waals surface area contributed by atoms with Gasteiger partial charge in [0.05, 0.1) is 18.1 Å². The zero-order chi connectivity index (χ0) is 16.1. The summed E-state index contributed by atoms with van der Waals surface area (Å²) < 4.78 is 1.68. The Bertz CT molecular complexity index is 630. The molecule has 0 bridgehead atoms. The molecule has 1 heterocycles. The Morgan fingerprint density at radius 1 is 1.22 bits per heavy atom. The molecule has 0 spiro atoms. The molecule has 6 nitrogen and oxygen atoms in total. The summed E-state index contributed by atoms with van der Waals surface area (Å²) in [6.07, 6.45) is 9.65. The average Bonchev–Trinajstić information content (AvgIpc) is 3.11. The van der Waals surface area contributed by atoms with Crippen LogP contribution in [0.4, 0.5) is 5.69 Å². The number of nitrogens with zero attached hydrogens (tertiary/aromatic N) is 3. The molecule has 0 atom stereocenters. The van der Waals surface area contributed by atoms with Crippen molar-refractivity contribution in [3.8, 4) is 5.69 Å². The molecule has 6 heteroatoms. The smallest absolute Gasteiger partial charge is 0.224 e. The Morgan fingerprint density at radius 2 is 1.96 bits per heavy atom. The van der Waals surface area contributed by atoms with Gasteiger partial charge < -0.3 is 11.1 Å². The molecule has 0 unspecified atom stereocenters. The molecule has 0 saturated heterocycles. The van der Waals surface area contributed by atoms with Gasteiger partial charge in [0.1, 0.15) is 0 Å². The Balaban J connectivity index is 1.61. The van der Waals surface area contributed by atoms with Gasteiger partial charge in [-0.3, -0.25) is 4.79 Å². The van der Waals surface area contributed by atoms with E-state index in [9.17, 15) is 4.79 Å². The number of amides is 1. The Hall–Kier alpha value is -2.21. The third-order valence-corrected chi connectivity index (χ3v) is 4.72. The number of hydrogen-bond donors (Lipinski definition) is 2. The van der Waals surface area contributed by atoms with E-state index in [0.717, 1.165) is 24.2 Å². The molecule has 3 rings (SSSR count). The Morgan fingerprint density at radius 3 is 2.57 bits per heavy atom. The predicted molar refractivity (Wildman–Crippen MR) is 89.2 cm³/mol. The number of aromatic nitrogens is 3. The summed E-state index contributed by atoms with van der Waals surface area (Å²) in [6, 6.07) is 7.57. The van der Waals surface area contributed by atoms with Crippen molar-refractivity contribution in [2.24, 2.45) is 11.1 Å². The van der Waals surface area contributed by atoms with Crippen LogP contribution in [0, 0.1) is 5.41 Å². The van der Waals surface area contributed by atoms with E-state index in [2.05, 4.69) is 15.6 Å². The number of hydrogen-bond acceptors (Lipinski definition) is 4. The molecule has 1 fully saturated rings. The van der Waals surface area contributed by atoms with Crippen molar-refractivity contribution in [1.29, 1.82) is 0 Å². The van der Waals surface area contributed by atoms with Crippen molar-refractivity contribution in [1.82, 2.24) is 15.0 Å². The van der Waals surface area contributed by atoms with E-state index in [0.29, 0.717) is 13.0 Å². The Kier molecular flexibility index (Phi) is 4.71. The fourth-order valence-corrected chi connectivity index (χ4v) is 3.34. The van der Waals surface area contributed by atoms with Gasteiger partial charge in [0.2, 0.25) is 5.91 Å². The van der Waals surface area contributed by atoms with E-state index in [1.54, 1.807) is 17.1 Å². The topological polar surface area (TPSA) is 85.8 Å². The average molecular weight is 313 g/mol. The van der Waals surface area contributed by atoms with E-state index in [1.807, 2.05) is 24.3 Å². The maximum Gasteiger partial charge on any atom is 0.224 e. The van der Waals surface area contributed by atoms with Crippen LogP contribution in [0.5, 0.6) is 0 Å². The van der Waals surface area contributed by atoms with Gasteiger partial charge >= 0.3 is 0 Å². The maximum absolute atomic E-state index is 12.4. The molecule has 122 valence electrons. The van der Waals surface area contributed by atoms with E-state index in [4.69, 9.17) is 5.73 Å². The number of benzene rings is 1. The number of rotatable bonds is 5. The van der Waals surface area contributed by atoms with Crippen molar-refractivity contribution in [2.45, 2.75) is 38.5 Å². The summed E-state index contributed by atoms with van der Waals surface area (Å²) >= 11 is 0. The van der Waals surface area contributed by atoms with Gasteiger partial charge in [-0.25, -0.2) is 4.68 Å². The lowest BCUT2D eigenvalue weighted by molar-refractivity contribution is -0.118. The van der Waals surface area contributed by atoms with Crippen LogP contribution in [0.1, 0.15) is 38.5 Å². The van der Waals surface area contributed by atoms with Gasteiger partial charge in [-0.2, -0.15) is 0 Å². The van der Waals surface area contributed by atoms with Crippen molar-refractivity contribution in [3.63, 3.8) is 0 Å². The molecule has 1 amide bonds. The molecule has 23 heavy (non-hydrogen) atoms. The number of carbonyl (C=O) groups excluding carboxylic acids is 1. The summed E-state index contributed by atoms with van der Waals surface area (Å²) in [4.78, 5) is 12.4. The fraction of sp³-hybridized carbons (Fsp3) is 0.471. The maximum atomic E-state index is 12.4. The van der Waals surface area contributed by atoms with Crippen LogP contribution >= 0.6 is 0 Å². The SMILES string of the molecule is NCC1(CC(=O)Nc2ccc(-n3ccnn3)cc2)CCCCC1. The predicted octanol–water partition coefficient (Wildman–Crippen LogP) is 2.51. The van der Waals surface area contributed by atoms with Crippen molar-refractivity contribution >= 4 is 11.6 Å². The first-order chi connectivity index (χ1) is 11.2. The highest BCUT2D eigenvalue weighted by Crippen LogP contribution is 2.38. The van der Waals surface area contributed by atoms with Gasteiger partial charge in [0.25, 0.3) is 0 Å². The number of nitrogens with one attached hydrogen (secondary N) is 1. The summed E-state index contributed by atoms with van der Waals surface area (Å²) in [5.74, 6) is 0.0471. The third-order valence-electron chi connectivity index (χ3n) is 4.72. The second kappa shape index (κ2) is 6.91. The fourth-order valence-electron chi connectivity index (χ4n) is 3.34. The van der Waals surface area contributed by atoms with Crippen LogP contribution in [0.25, 0.3) is 5.69 Å². The summed E-state index contributed by atoms with van der Waals surface area (Å²) in [5, 5.41) is 10.7. The van der Waals surface area contributed by atoms with Crippen molar-refractivity contribution < 1.29 is 4.79 Å². The first-order valence-electron chi connectivity index (χ1n) is 8.17. The molecule has 1 aliphatic rings. The zero-order valence-electron chi connectivity index (χ0n) is 13.2. The third kappa shape index (κ3) is 3.76. The molecular formula is C17H23N5O. The van der Waals surface area contributed by atoms with Crippen LogP contribution < -0.4 is 11.1 Å². The minimum atomic E-state index is -0.0109. The second-order valence-corrected chi connectivity index (χ2v) is 6.38. The lowest BCUT2D eigenvalue weighted by Gasteiger charge is -2.35. The van der Waals surface area contributed by atoms with Gasteiger partial charge in [-0.05, 0) is 49.1 Å². The van der Waals surface area contributed by atoms with Gasteiger partial charge in [0.15, 0.2) is 0 Å². The van der Waals surface area contributed by atoms with Gasteiger partial charge in [0, 0.05) is 12.1 Å². The molecule has 0 aliphatic heterocycles. The molecule has 1 aromatic carbocycles. The zero-order valence-corrected chi connectivity index (χ0v) is 13.2. The minimum absolute atomic E-state index is 0.0109. The number of nitrogens with two attached hydrogens (primary N) is 1. The van der Waals surface area contributed by atoms with E-state index in [1.165, 1.54) is 19.3 Å². The molecule has 0 radical (unpaired) electrons. The Labute approximate surface area is 136 Å². The van der Waals surface area contributed by atoms with Crippen LogP contribution in [-0.4, -0.2) is 27.4 Å². The molecule has 1 aromatic heterocycles. The number of carbonyl (C=O) groups is 1. The quantitative estimate of drug-likeness (QED) is 0.888. The largest absolute Gasteiger partial charge is 0.330 e. The lowest BCUT2D eigenvalue weighted by Crippen LogP contribution is -2.36.